The minimum Gasteiger partial charge on any atom is -0.494 e. The van der Waals surface area contributed by atoms with E-state index in [1.807, 2.05) is 36.1 Å². The number of nitrogens with zero attached hydrogens (tertiary/aromatic N) is 4. The highest BCUT2D eigenvalue weighted by molar-refractivity contribution is 5.72. The van der Waals surface area contributed by atoms with E-state index in [4.69, 9.17) is 10.5 Å². The fourth-order valence-corrected chi connectivity index (χ4v) is 3.68. The smallest absolute Gasteiger partial charge is 0.353 e. The van der Waals surface area contributed by atoms with Crippen molar-refractivity contribution < 1.29 is 9.66 Å². The molecule has 2 heterocycles. The fraction of sp³-hybridized carbons (Fsp3) is 0.474. The Kier molecular flexibility index (Phi) is 5.81. The van der Waals surface area contributed by atoms with Gasteiger partial charge in [-0.05, 0) is 49.4 Å². The maximum Gasteiger partial charge on any atom is 0.353 e. The van der Waals surface area contributed by atoms with E-state index in [0.717, 1.165) is 17.9 Å². The molecule has 3 N–H and O–H groups in total. The highest BCUT2D eigenvalue weighted by atomic mass is 16.6. The molecule has 0 saturated carbocycles. The molecule has 2 atom stereocenters. The van der Waals surface area contributed by atoms with Crippen LogP contribution in [0.15, 0.2) is 24.3 Å². The second-order valence-electron chi connectivity index (χ2n) is 7.30. The molecule has 1 saturated heterocycles. The summed E-state index contributed by atoms with van der Waals surface area (Å²) in [6.45, 7) is 8.18. The number of nitrogens with one attached hydrogen (secondary N) is 1. The van der Waals surface area contributed by atoms with Crippen molar-refractivity contribution in [2.24, 2.45) is 11.8 Å². The third-order valence-corrected chi connectivity index (χ3v) is 4.67. The number of benzene rings is 1. The number of hydrogen-bond acceptors (Lipinski definition) is 8. The van der Waals surface area contributed by atoms with E-state index in [-0.39, 0.29) is 23.3 Å². The van der Waals surface area contributed by atoms with E-state index in [9.17, 15) is 10.1 Å². The predicted octanol–water partition coefficient (Wildman–Crippen LogP) is 3.59. The van der Waals surface area contributed by atoms with E-state index in [1.54, 1.807) is 0 Å². The number of aromatic nitrogens is 2. The van der Waals surface area contributed by atoms with Crippen LogP contribution in [0.5, 0.6) is 5.75 Å². The molecule has 1 aromatic heterocycles. The van der Waals surface area contributed by atoms with Gasteiger partial charge in [-0.2, -0.15) is 9.97 Å². The Balaban J connectivity index is 1.92. The Labute approximate surface area is 164 Å². The molecule has 0 bridgehead atoms. The van der Waals surface area contributed by atoms with Crippen LogP contribution in [0.2, 0.25) is 0 Å². The highest BCUT2D eigenvalue weighted by Crippen LogP contribution is 2.36. The molecule has 9 nitrogen and oxygen atoms in total. The van der Waals surface area contributed by atoms with Crippen molar-refractivity contribution in [2.45, 2.75) is 27.2 Å². The molecule has 1 aliphatic rings. The topological polar surface area (TPSA) is 119 Å². The minimum atomic E-state index is -0.505. The summed E-state index contributed by atoms with van der Waals surface area (Å²) in [5, 5.41) is 14.7. The van der Waals surface area contributed by atoms with Gasteiger partial charge >= 0.3 is 5.69 Å². The summed E-state index contributed by atoms with van der Waals surface area (Å²) in [6.07, 6.45) is 1.09. The van der Waals surface area contributed by atoms with Crippen LogP contribution in [0.3, 0.4) is 0 Å². The average molecular weight is 386 g/mol. The first-order chi connectivity index (χ1) is 13.4. The number of nitrogen functional groups attached to an aromatic ring is 1. The van der Waals surface area contributed by atoms with Crippen molar-refractivity contribution >= 4 is 29.0 Å². The van der Waals surface area contributed by atoms with Gasteiger partial charge in [0.25, 0.3) is 0 Å². The van der Waals surface area contributed by atoms with Gasteiger partial charge in [0.05, 0.1) is 11.5 Å². The first kappa shape index (κ1) is 19.7. The number of nitrogens with two attached hydrogens (primary N) is 1. The van der Waals surface area contributed by atoms with Gasteiger partial charge < -0.3 is 20.7 Å². The van der Waals surface area contributed by atoms with E-state index in [1.165, 1.54) is 0 Å². The number of piperidine rings is 1. The SMILES string of the molecule is CCOc1ccc(Nc2nc(N)c([N+](=O)[O-])c(N3CC(C)CC(C)C3)n2)cc1. The van der Waals surface area contributed by atoms with Gasteiger partial charge in [0.2, 0.25) is 17.6 Å². The molecule has 1 fully saturated rings. The summed E-state index contributed by atoms with van der Waals surface area (Å²) in [6, 6.07) is 7.32. The van der Waals surface area contributed by atoms with Gasteiger partial charge in [-0.1, -0.05) is 13.8 Å². The number of hydrogen-bond donors (Lipinski definition) is 2. The zero-order valence-electron chi connectivity index (χ0n) is 16.4. The zero-order chi connectivity index (χ0) is 20.3. The Morgan fingerprint density at radius 1 is 1.25 bits per heavy atom. The van der Waals surface area contributed by atoms with Crippen molar-refractivity contribution in [2.75, 3.05) is 35.6 Å². The molecule has 28 heavy (non-hydrogen) atoms. The standard InChI is InChI=1S/C19H26N6O3/c1-4-28-15-7-5-14(6-8-15)21-19-22-17(20)16(25(26)27)18(23-19)24-10-12(2)9-13(3)11-24/h5-8,12-13H,4,9-11H2,1-3H3,(H3,20,21,22,23). The monoisotopic (exact) mass is 386 g/mol. The van der Waals surface area contributed by atoms with Crippen LogP contribution in [0, 0.1) is 22.0 Å². The van der Waals surface area contributed by atoms with Crippen LogP contribution in [-0.2, 0) is 0 Å². The lowest BCUT2D eigenvalue weighted by atomic mass is 9.92. The molecule has 2 unspecified atom stereocenters. The van der Waals surface area contributed by atoms with Gasteiger partial charge in [0.1, 0.15) is 5.75 Å². The van der Waals surface area contributed by atoms with Crippen LogP contribution in [0.1, 0.15) is 27.2 Å². The van der Waals surface area contributed by atoms with Gasteiger partial charge in [-0.3, -0.25) is 10.1 Å². The van der Waals surface area contributed by atoms with Crippen LogP contribution in [0.4, 0.5) is 29.0 Å². The molecule has 150 valence electrons. The molecule has 1 aromatic carbocycles. The second-order valence-corrected chi connectivity index (χ2v) is 7.30. The lowest BCUT2D eigenvalue weighted by Crippen LogP contribution is -2.39. The lowest BCUT2D eigenvalue weighted by Gasteiger charge is -2.35. The third-order valence-electron chi connectivity index (χ3n) is 4.67. The van der Waals surface area contributed by atoms with Crippen molar-refractivity contribution in [3.05, 3.63) is 34.4 Å². The minimum absolute atomic E-state index is 0.144. The maximum atomic E-state index is 11.6. The average Bonchev–Trinajstić information content (AvgIpc) is 2.62. The molecule has 9 heteroatoms. The molecule has 0 spiro atoms. The Morgan fingerprint density at radius 3 is 2.46 bits per heavy atom. The normalized spacial score (nSPS) is 19.3. The molecule has 0 amide bonds. The first-order valence-electron chi connectivity index (χ1n) is 9.44. The summed E-state index contributed by atoms with van der Waals surface area (Å²) in [5.41, 5.74) is 6.44. The van der Waals surface area contributed by atoms with Crippen molar-refractivity contribution in [3.63, 3.8) is 0 Å². The van der Waals surface area contributed by atoms with Crippen LogP contribution >= 0.6 is 0 Å². The van der Waals surface area contributed by atoms with Crippen LogP contribution in [0.25, 0.3) is 0 Å². The molecule has 3 rings (SSSR count). The Hall–Kier alpha value is -3.10. The number of rotatable bonds is 6. The van der Waals surface area contributed by atoms with Gasteiger partial charge in [0, 0.05) is 18.8 Å². The zero-order valence-corrected chi connectivity index (χ0v) is 16.4. The van der Waals surface area contributed by atoms with E-state index < -0.39 is 4.92 Å². The molecule has 0 aliphatic carbocycles. The number of nitro groups is 1. The number of anilines is 4. The van der Waals surface area contributed by atoms with E-state index >= 15 is 0 Å². The van der Waals surface area contributed by atoms with Crippen LogP contribution in [-0.4, -0.2) is 34.6 Å². The fourth-order valence-electron chi connectivity index (χ4n) is 3.68. The first-order valence-corrected chi connectivity index (χ1v) is 9.44. The van der Waals surface area contributed by atoms with Crippen molar-refractivity contribution in [1.29, 1.82) is 0 Å². The van der Waals surface area contributed by atoms with E-state index in [2.05, 4.69) is 29.1 Å². The highest BCUT2D eigenvalue weighted by Gasteiger charge is 2.31. The summed E-state index contributed by atoms with van der Waals surface area (Å²) in [5.74, 6) is 1.95. The second kappa shape index (κ2) is 8.28. The summed E-state index contributed by atoms with van der Waals surface area (Å²) >= 11 is 0. The summed E-state index contributed by atoms with van der Waals surface area (Å²) in [4.78, 5) is 21.6. The van der Waals surface area contributed by atoms with Crippen molar-refractivity contribution in [1.82, 2.24) is 9.97 Å². The lowest BCUT2D eigenvalue weighted by molar-refractivity contribution is -0.383. The van der Waals surface area contributed by atoms with Gasteiger partial charge in [-0.25, -0.2) is 0 Å². The molecule has 2 aromatic rings. The predicted molar refractivity (Wildman–Crippen MR) is 109 cm³/mol. The molecular formula is C19H26N6O3. The largest absolute Gasteiger partial charge is 0.494 e. The summed E-state index contributed by atoms with van der Waals surface area (Å²) in [7, 11) is 0. The number of ether oxygens (including phenoxy) is 1. The van der Waals surface area contributed by atoms with Crippen molar-refractivity contribution in [3.8, 4) is 5.75 Å². The Morgan fingerprint density at radius 2 is 1.89 bits per heavy atom. The third kappa shape index (κ3) is 4.41. The Bertz CT molecular complexity index is 832. The molecular weight excluding hydrogens is 360 g/mol. The van der Waals surface area contributed by atoms with Gasteiger partial charge in [-0.15, -0.1) is 0 Å². The molecule has 0 radical (unpaired) electrons. The van der Waals surface area contributed by atoms with Crippen LogP contribution < -0.4 is 20.7 Å². The van der Waals surface area contributed by atoms with E-state index in [0.29, 0.717) is 31.5 Å². The van der Waals surface area contributed by atoms with Gasteiger partial charge in [0.15, 0.2) is 0 Å². The maximum absolute atomic E-state index is 11.6. The molecule has 1 aliphatic heterocycles. The quantitative estimate of drug-likeness (QED) is 0.571. The summed E-state index contributed by atoms with van der Waals surface area (Å²) < 4.78 is 5.43.